The summed E-state index contributed by atoms with van der Waals surface area (Å²) in [7, 11) is 3.29. The van der Waals surface area contributed by atoms with Crippen LogP contribution in [0.4, 0.5) is 0 Å². The van der Waals surface area contributed by atoms with E-state index in [1.54, 1.807) is 19.2 Å². The minimum absolute atomic E-state index is 0.0550. The number of amides is 1. The Morgan fingerprint density at radius 3 is 2.50 bits per heavy atom. The van der Waals surface area contributed by atoms with Crippen LogP contribution in [0.25, 0.3) is 0 Å². The van der Waals surface area contributed by atoms with E-state index in [-0.39, 0.29) is 11.9 Å². The number of hydrazone groups is 1. The lowest BCUT2D eigenvalue weighted by molar-refractivity contribution is -0.134. The van der Waals surface area contributed by atoms with Crippen molar-refractivity contribution in [3.8, 4) is 11.5 Å². The summed E-state index contributed by atoms with van der Waals surface area (Å²) < 4.78 is 11.0. The van der Waals surface area contributed by atoms with Gasteiger partial charge in [0, 0.05) is 18.1 Å². The van der Waals surface area contributed by atoms with Gasteiger partial charge in [0.15, 0.2) is 0 Å². The Kier molecular flexibility index (Phi) is 6.80. The highest BCUT2D eigenvalue weighted by molar-refractivity contribution is 6.05. The third kappa shape index (κ3) is 4.65. The summed E-state index contributed by atoms with van der Waals surface area (Å²) in [6, 6.07) is 12.0. The molecule has 6 heteroatoms. The number of ether oxygens (including phenoxy) is 2. The van der Waals surface area contributed by atoms with E-state index in [1.165, 1.54) is 17.5 Å². The summed E-state index contributed by atoms with van der Waals surface area (Å²) in [6.45, 7) is 6.59. The topological polar surface area (TPSA) is 54.4 Å². The van der Waals surface area contributed by atoms with E-state index in [4.69, 9.17) is 14.6 Å². The van der Waals surface area contributed by atoms with E-state index in [0.717, 1.165) is 48.5 Å². The van der Waals surface area contributed by atoms with Gasteiger partial charge in [-0.3, -0.25) is 9.69 Å². The second-order valence-electron chi connectivity index (χ2n) is 8.77. The Labute approximate surface area is 190 Å². The molecule has 0 aliphatic carbocycles. The van der Waals surface area contributed by atoms with E-state index >= 15 is 0 Å². The Morgan fingerprint density at radius 1 is 1.03 bits per heavy atom. The number of nitrogens with zero attached hydrogens (tertiary/aromatic N) is 3. The molecule has 1 saturated heterocycles. The van der Waals surface area contributed by atoms with E-state index in [9.17, 15) is 4.79 Å². The molecule has 0 N–H and O–H groups in total. The van der Waals surface area contributed by atoms with Crippen molar-refractivity contribution in [3.05, 3.63) is 58.7 Å². The molecule has 2 aliphatic heterocycles. The van der Waals surface area contributed by atoms with Crippen molar-refractivity contribution in [2.45, 2.75) is 45.6 Å². The first-order valence-corrected chi connectivity index (χ1v) is 11.4. The van der Waals surface area contributed by atoms with Gasteiger partial charge in [-0.15, -0.1) is 0 Å². The number of hydrogen-bond acceptors (Lipinski definition) is 5. The molecule has 2 heterocycles. The Morgan fingerprint density at radius 2 is 1.81 bits per heavy atom. The SMILES string of the molecule is COc1ccc(C2=NN(C(=O)CN3CCCCC3)[C@H](c3ccc(C)cc3C)C2)c(OC)c1. The molecule has 170 valence electrons. The van der Waals surface area contributed by atoms with Crippen LogP contribution in [0, 0.1) is 13.8 Å². The fourth-order valence-electron chi connectivity index (χ4n) is 4.76. The molecule has 2 aliphatic rings. The van der Waals surface area contributed by atoms with E-state index in [0.29, 0.717) is 18.7 Å². The van der Waals surface area contributed by atoms with Gasteiger partial charge >= 0.3 is 0 Å². The van der Waals surface area contributed by atoms with Gasteiger partial charge in [-0.1, -0.05) is 30.2 Å². The van der Waals surface area contributed by atoms with E-state index in [2.05, 4.69) is 36.9 Å². The van der Waals surface area contributed by atoms with Crippen LogP contribution in [-0.4, -0.2) is 55.4 Å². The zero-order valence-corrected chi connectivity index (χ0v) is 19.6. The molecule has 1 fully saturated rings. The maximum atomic E-state index is 13.4. The fraction of sp³-hybridized carbons (Fsp3) is 0.462. The largest absolute Gasteiger partial charge is 0.497 e. The monoisotopic (exact) mass is 435 g/mol. The number of piperidine rings is 1. The molecular formula is C26H33N3O3. The maximum absolute atomic E-state index is 13.4. The van der Waals surface area contributed by atoms with Crippen molar-refractivity contribution in [2.24, 2.45) is 5.10 Å². The lowest BCUT2D eigenvalue weighted by Crippen LogP contribution is -2.40. The molecule has 32 heavy (non-hydrogen) atoms. The summed E-state index contributed by atoms with van der Waals surface area (Å²) in [4.78, 5) is 15.7. The first-order chi connectivity index (χ1) is 15.5. The fourth-order valence-corrected chi connectivity index (χ4v) is 4.76. The molecule has 0 radical (unpaired) electrons. The first kappa shape index (κ1) is 22.3. The maximum Gasteiger partial charge on any atom is 0.257 e. The van der Waals surface area contributed by atoms with Crippen molar-refractivity contribution < 1.29 is 14.3 Å². The second-order valence-corrected chi connectivity index (χ2v) is 8.77. The molecule has 4 rings (SSSR count). The van der Waals surface area contributed by atoms with Crippen molar-refractivity contribution in [2.75, 3.05) is 33.9 Å². The summed E-state index contributed by atoms with van der Waals surface area (Å²) in [5, 5.41) is 6.58. The van der Waals surface area contributed by atoms with Crippen molar-refractivity contribution >= 4 is 11.6 Å². The Hall–Kier alpha value is -2.86. The average Bonchev–Trinajstić information content (AvgIpc) is 3.24. The van der Waals surface area contributed by atoms with E-state index in [1.807, 2.05) is 18.2 Å². The summed E-state index contributed by atoms with van der Waals surface area (Å²) in [5.74, 6) is 1.49. The van der Waals surface area contributed by atoms with Gasteiger partial charge in [-0.25, -0.2) is 5.01 Å². The van der Waals surface area contributed by atoms with Crippen molar-refractivity contribution in [1.29, 1.82) is 0 Å². The van der Waals surface area contributed by atoms with Gasteiger partial charge < -0.3 is 9.47 Å². The lowest BCUT2D eigenvalue weighted by atomic mass is 9.94. The summed E-state index contributed by atoms with van der Waals surface area (Å²) >= 11 is 0. The standard InChI is InChI=1S/C26H33N3O3/c1-18-8-10-21(19(2)14-18)24-16-23(22-11-9-20(31-3)15-25(22)32-4)27-29(24)26(30)17-28-12-6-5-7-13-28/h8-11,14-15,24H,5-7,12-13,16-17H2,1-4H3/t24-/m0/s1. The number of hydrogen-bond donors (Lipinski definition) is 0. The number of rotatable bonds is 6. The number of likely N-dealkylation sites (tertiary alicyclic amines) is 1. The van der Waals surface area contributed by atoms with Crippen LogP contribution in [-0.2, 0) is 4.79 Å². The molecule has 2 aromatic rings. The molecule has 0 bridgehead atoms. The Balaban J connectivity index is 1.68. The van der Waals surface area contributed by atoms with Crippen LogP contribution in [0.2, 0.25) is 0 Å². The molecule has 0 aromatic heterocycles. The summed E-state index contributed by atoms with van der Waals surface area (Å²) in [6.07, 6.45) is 4.22. The Bertz CT molecular complexity index is 1010. The van der Waals surface area contributed by atoms with Gasteiger partial charge in [0.05, 0.1) is 32.5 Å². The quantitative estimate of drug-likeness (QED) is 0.671. The zero-order valence-electron chi connectivity index (χ0n) is 19.6. The molecule has 1 atom stereocenters. The second kappa shape index (κ2) is 9.74. The molecule has 1 amide bonds. The number of aryl methyl sites for hydroxylation is 2. The van der Waals surface area contributed by atoms with Crippen molar-refractivity contribution in [3.63, 3.8) is 0 Å². The van der Waals surface area contributed by atoms with Gasteiger partial charge in [-0.2, -0.15) is 5.10 Å². The van der Waals surface area contributed by atoms with Gasteiger partial charge in [0.2, 0.25) is 0 Å². The van der Waals surface area contributed by atoms with Gasteiger partial charge in [0.1, 0.15) is 11.5 Å². The molecule has 0 spiro atoms. The highest BCUT2D eigenvalue weighted by Gasteiger charge is 2.35. The normalized spacial score (nSPS) is 19.1. The van der Waals surface area contributed by atoms with Crippen LogP contribution in [0.15, 0.2) is 41.5 Å². The minimum Gasteiger partial charge on any atom is -0.497 e. The van der Waals surface area contributed by atoms with Gasteiger partial charge in [-0.05, 0) is 63.0 Å². The zero-order chi connectivity index (χ0) is 22.7. The van der Waals surface area contributed by atoms with Crippen LogP contribution >= 0.6 is 0 Å². The molecule has 0 unspecified atom stereocenters. The van der Waals surface area contributed by atoms with Gasteiger partial charge in [0.25, 0.3) is 5.91 Å². The number of carbonyl (C=O) groups is 1. The number of benzene rings is 2. The van der Waals surface area contributed by atoms with Crippen LogP contribution in [0.3, 0.4) is 0 Å². The molecule has 6 nitrogen and oxygen atoms in total. The third-order valence-electron chi connectivity index (χ3n) is 6.48. The van der Waals surface area contributed by atoms with Crippen LogP contribution < -0.4 is 9.47 Å². The molecular weight excluding hydrogens is 402 g/mol. The lowest BCUT2D eigenvalue weighted by Gasteiger charge is -2.29. The third-order valence-corrected chi connectivity index (χ3v) is 6.48. The van der Waals surface area contributed by atoms with Crippen molar-refractivity contribution in [1.82, 2.24) is 9.91 Å². The average molecular weight is 436 g/mol. The molecule has 2 aromatic carbocycles. The highest BCUT2D eigenvalue weighted by Crippen LogP contribution is 2.37. The molecule has 0 saturated carbocycles. The predicted molar refractivity (Wildman–Crippen MR) is 126 cm³/mol. The first-order valence-electron chi connectivity index (χ1n) is 11.4. The number of carbonyl (C=O) groups excluding carboxylic acids is 1. The minimum atomic E-state index is -0.116. The van der Waals surface area contributed by atoms with E-state index < -0.39 is 0 Å². The number of methoxy groups -OCH3 is 2. The smallest absolute Gasteiger partial charge is 0.257 e. The van der Waals surface area contributed by atoms with Crippen LogP contribution in [0.1, 0.15) is 54.0 Å². The highest BCUT2D eigenvalue weighted by atomic mass is 16.5. The predicted octanol–water partition coefficient (Wildman–Crippen LogP) is 4.48. The summed E-state index contributed by atoms with van der Waals surface area (Å²) in [5.41, 5.74) is 5.31. The van der Waals surface area contributed by atoms with Crippen LogP contribution in [0.5, 0.6) is 11.5 Å².